The number of thiazole rings is 1. The summed E-state index contributed by atoms with van der Waals surface area (Å²) in [6, 6.07) is 6.56. The Morgan fingerprint density at radius 1 is 1.11 bits per heavy atom. The minimum atomic E-state index is -0.211. The summed E-state index contributed by atoms with van der Waals surface area (Å²) in [5.74, 6) is -0.211. The summed E-state index contributed by atoms with van der Waals surface area (Å²) in [5, 5.41) is 6.72. The van der Waals surface area contributed by atoms with Gasteiger partial charge < -0.3 is 10.1 Å². The van der Waals surface area contributed by atoms with Crippen LogP contribution < -0.4 is 5.32 Å². The van der Waals surface area contributed by atoms with Gasteiger partial charge in [-0.3, -0.25) is 4.90 Å². The molecule has 4 rings (SSSR count). The van der Waals surface area contributed by atoms with Crippen LogP contribution in [0.15, 0.2) is 29.6 Å². The highest BCUT2D eigenvalue weighted by Gasteiger charge is 2.38. The fourth-order valence-corrected chi connectivity index (χ4v) is 5.09. The van der Waals surface area contributed by atoms with Crippen LogP contribution in [0.3, 0.4) is 0 Å². The normalized spacial score (nSPS) is 20.6. The molecule has 0 aliphatic carbocycles. The monoisotopic (exact) mass is 389 g/mol. The van der Waals surface area contributed by atoms with E-state index in [0.717, 1.165) is 55.4 Å². The number of halogens is 1. The molecule has 3 heterocycles. The number of hydrogen-bond acceptors (Lipinski definition) is 5. The number of nitrogens with zero attached hydrogens (tertiary/aromatic N) is 2. The van der Waals surface area contributed by atoms with E-state index in [1.165, 1.54) is 44.5 Å². The Bertz CT molecular complexity index is 721. The number of ether oxygens (including phenoxy) is 1. The Labute approximate surface area is 164 Å². The van der Waals surface area contributed by atoms with Crippen molar-refractivity contribution in [2.45, 2.75) is 44.2 Å². The summed E-state index contributed by atoms with van der Waals surface area (Å²) in [4.78, 5) is 7.43. The second kappa shape index (κ2) is 8.78. The molecule has 27 heavy (non-hydrogen) atoms. The SMILES string of the molecule is Fc1ccc(-c2nc(CNCC3(N4CCCCC4)CCOCC3)cs2)cc1. The summed E-state index contributed by atoms with van der Waals surface area (Å²) in [6.07, 6.45) is 6.21. The quantitative estimate of drug-likeness (QED) is 0.808. The first-order valence-corrected chi connectivity index (χ1v) is 10.9. The van der Waals surface area contributed by atoms with Gasteiger partial charge in [0.05, 0.1) is 5.69 Å². The summed E-state index contributed by atoms with van der Waals surface area (Å²) in [7, 11) is 0. The van der Waals surface area contributed by atoms with Gasteiger partial charge in [0.15, 0.2) is 0 Å². The second-order valence-electron chi connectivity index (χ2n) is 7.64. The van der Waals surface area contributed by atoms with Gasteiger partial charge >= 0.3 is 0 Å². The van der Waals surface area contributed by atoms with Crippen LogP contribution in [-0.4, -0.2) is 48.3 Å². The van der Waals surface area contributed by atoms with Crippen molar-refractivity contribution in [2.75, 3.05) is 32.8 Å². The maximum absolute atomic E-state index is 13.1. The molecule has 0 saturated carbocycles. The fraction of sp³-hybridized carbons (Fsp3) is 0.571. The third-order valence-corrected chi connectivity index (χ3v) is 6.79. The molecular formula is C21H28FN3OS. The van der Waals surface area contributed by atoms with Gasteiger partial charge in [-0.2, -0.15) is 0 Å². The second-order valence-corrected chi connectivity index (χ2v) is 8.50. The lowest BCUT2D eigenvalue weighted by atomic mass is 9.86. The largest absolute Gasteiger partial charge is 0.381 e. The van der Waals surface area contributed by atoms with Crippen LogP contribution in [0, 0.1) is 5.82 Å². The molecule has 146 valence electrons. The van der Waals surface area contributed by atoms with Crippen molar-refractivity contribution in [1.29, 1.82) is 0 Å². The Morgan fingerprint density at radius 3 is 2.59 bits per heavy atom. The molecule has 1 aromatic heterocycles. The number of piperidine rings is 1. The molecule has 2 aromatic rings. The van der Waals surface area contributed by atoms with Crippen LogP contribution in [0.2, 0.25) is 0 Å². The van der Waals surface area contributed by atoms with Crippen molar-refractivity contribution in [3.8, 4) is 10.6 Å². The van der Waals surface area contributed by atoms with Gasteiger partial charge in [-0.05, 0) is 63.0 Å². The maximum Gasteiger partial charge on any atom is 0.123 e. The molecule has 2 aliphatic rings. The Balaban J connectivity index is 1.37. The Morgan fingerprint density at radius 2 is 1.85 bits per heavy atom. The lowest BCUT2D eigenvalue weighted by Crippen LogP contribution is -2.59. The molecule has 0 radical (unpaired) electrons. The number of nitrogens with one attached hydrogen (secondary N) is 1. The zero-order valence-corrected chi connectivity index (χ0v) is 16.6. The van der Waals surface area contributed by atoms with Crippen LogP contribution in [0.25, 0.3) is 10.6 Å². The highest BCUT2D eigenvalue weighted by molar-refractivity contribution is 7.13. The molecule has 2 aliphatic heterocycles. The zero-order chi connectivity index (χ0) is 18.5. The first-order valence-electron chi connectivity index (χ1n) is 9.99. The standard InChI is InChI=1S/C21H28FN3OS/c22-18-6-4-17(5-7-18)20-24-19(15-27-20)14-23-16-21(8-12-26-13-9-21)25-10-2-1-3-11-25/h4-7,15,23H,1-3,8-14,16H2. The van der Waals surface area contributed by atoms with E-state index in [1.54, 1.807) is 23.5 Å². The van der Waals surface area contributed by atoms with Gasteiger partial charge in [0.25, 0.3) is 0 Å². The zero-order valence-electron chi connectivity index (χ0n) is 15.8. The van der Waals surface area contributed by atoms with Crippen molar-refractivity contribution < 1.29 is 9.13 Å². The van der Waals surface area contributed by atoms with Gasteiger partial charge in [0, 0.05) is 42.8 Å². The molecule has 4 nitrogen and oxygen atoms in total. The first kappa shape index (κ1) is 19.0. The van der Waals surface area contributed by atoms with Crippen LogP contribution in [-0.2, 0) is 11.3 Å². The molecular weight excluding hydrogens is 361 g/mol. The van der Waals surface area contributed by atoms with E-state index < -0.39 is 0 Å². The highest BCUT2D eigenvalue weighted by atomic mass is 32.1. The van der Waals surface area contributed by atoms with Crippen molar-refractivity contribution in [1.82, 2.24) is 15.2 Å². The van der Waals surface area contributed by atoms with Gasteiger partial charge in [-0.25, -0.2) is 9.37 Å². The number of hydrogen-bond donors (Lipinski definition) is 1. The van der Waals surface area contributed by atoms with Gasteiger partial charge in [0.1, 0.15) is 10.8 Å². The van der Waals surface area contributed by atoms with E-state index in [-0.39, 0.29) is 11.4 Å². The number of likely N-dealkylation sites (tertiary alicyclic amines) is 1. The van der Waals surface area contributed by atoms with E-state index in [9.17, 15) is 4.39 Å². The van der Waals surface area contributed by atoms with Crippen LogP contribution in [0.4, 0.5) is 4.39 Å². The Kier molecular flexibility index (Phi) is 6.18. The van der Waals surface area contributed by atoms with Crippen molar-refractivity contribution >= 4 is 11.3 Å². The van der Waals surface area contributed by atoms with Crippen LogP contribution >= 0.6 is 11.3 Å². The molecule has 0 unspecified atom stereocenters. The number of aromatic nitrogens is 1. The first-order chi connectivity index (χ1) is 13.3. The topological polar surface area (TPSA) is 37.4 Å². The molecule has 2 fully saturated rings. The molecule has 6 heteroatoms. The van der Waals surface area contributed by atoms with E-state index in [4.69, 9.17) is 9.72 Å². The molecule has 2 saturated heterocycles. The molecule has 1 N–H and O–H groups in total. The lowest BCUT2D eigenvalue weighted by Gasteiger charge is -2.48. The maximum atomic E-state index is 13.1. The highest BCUT2D eigenvalue weighted by Crippen LogP contribution is 2.30. The fourth-order valence-electron chi connectivity index (χ4n) is 4.26. The average Bonchev–Trinajstić information content (AvgIpc) is 3.19. The molecule has 0 bridgehead atoms. The van der Waals surface area contributed by atoms with Crippen molar-refractivity contribution in [3.05, 3.63) is 41.2 Å². The number of benzene rings is 1. The third kappa shape index (κ3) is 4.57. The molecule has 0 atom stereocenters. The van der Waals surface area contributed by atoms with Crippen LogP contribution in [0.1, 0.15) is 37.8 Å². The van der Waals surface area contributed by atoms with E-state index >= 15 is 0 Å². The van der Waals surface area contributed by atoms with E-state index in [0.29, 0.717) is 0 Å². The third-order valence-electron chi connectivity index (χ3n) is 5.85. The minimum absolute atomic E-state index is 0.211. The van der Waals surface area contributed by atoms with E-state index in [1.807, 2.05) is 0 Å². The summed E-state index contributed by atoms with van der Waals surface area (Å²) < 4.78 is 18.7. The summed E-state index contributed by atoms with van der Waals surface area (Å²) >= 11 is 1.62. The van der Waals surface area contributed by atoms with Crippen molar-refractivity contribution in [2.24, 2.45) is 0 Å². The van der Waals surface area contributed by atoms with Crippen molar-refractivity contribution in [3.63, 3.8) is 0 Å². The molecule has 0 amide bonds. The summed E-state index contributed by atoms with van der Waals surface area (Å²) in [6.45, 7) is 5.92. The molecule has 1 aromatic carbocycles. The van der Waals surface area contributed by atoms with Gasteiger partial charge in [-0.15, -0.1) is 11.3 Å². The minimum Gasteiger partial charge on any atom is -0.381 e. The van der Waals surface area contributed by atoms with Crippen LogP contribution in [0.5, 0.6) is 0 Å². The summed E-state index contributed by atoms with van der Waals surface area (Å²) in [5.41, 5.74) is 2.26. The lowest BCUT2D eigenvalue weighted by molar-refractivity contribution is -0.0358. The smallest absolute Gasteiger partial charge is 0.123 e. The van der Waals surface area contributed by atoms with Gasteiger partial charge in [-0.1, -0.05) is 6.42 Å². The molecule has 0 spiro atoms. The Hall–Kier alpha value is -1.34. The predicted octanol–water partition coefficient (Wildman–Crippen LogP) is 4.07. The van der Waals surface area contributed by atoms with Gasteiger partial charge in [0.2, 0.25) is 0 Å². The predicted molar refractivity (Wildman–Crippen MR) is 107 cm³/mol. The number of rotatable bonds is 6. The van der Waals surface area contributed by atoms with E-state index in [2.05, 4.69) is 15.6 Å². The average molecular weight is 390 g/mol.